The molecule has 1 heterocycles. The number of hydrogen-bond acceptors (Lipinski definition) is 3. The Morgan fingerprint density at radius 2 is 2.15 bits per heavy atom. The van der Waals surface area contributed by atoms with E-state index in [0.29, 0.717) is 10.9 Å². The Bertz CT molecular complexity index is 405. The van der Waals surface area contributed by atoms with Gasteiger partial charge in [-0.3, -0.25) is 0 Å². The van der Waals surface area contributed by atoms with E-state index in [2.05, 4.69) is 4.90 Å². The quantitative estimate of drug-likeness (QED) is 0.876. The minimum absolute atomic E-state index is 0.426. The monoisotopic (exact) mass is 297 g/mol. The molecule has 0 aromatic heterocycles. The second kappa shape index (κ2) is 7.99. The smallest absolute Gasteiger partial charge is 0.0802 e. The SMILES string of the molecule is COCC1CCN(CCC(O)c2cccc(Cl)c2)CC1. The van der Waals surface area contributed by atoms with Crippen molar-refractivity contribution in [2.24, 2.45) is 5.92 Å². The maximum absolute atomic E-state index is 10.2. The van der Waals surface area contributed by atoms with Gasteiger partial charge in [0.25, 0.3) is 0 Å². The molecule has 20 heavy (non-hydrogen) atoms. The fraction of sp³-hybridized carbons (Fsp3) is 0.625. The predicted molar refractivity (Wildman–Crippen MR) is 82.1 cm³/mol. The second-order valence-corrected chi connectivity index (χ2v) is 6.04. The van der Waals surface area contributed by atoms with Gasteiger partial charge < -0.3 is 14.7 Å². The first-order valence-corrected chi connectivity index (χ1v) is 7.71. The van der Waals surface area contributed by atoms with Crippen LogP contribution in [0.2, 0.25) is 5.02 Å². The zero-order chi connectivity index (χ0) is 14.4. The van der Waals surface area contributed by atoms with E-state index in [1.807, 2.05) is 24.3 Å². The molecule has 0 spiro atoms. The third-order valence-corrected chi connectivity index (χ3v) is 4.30. The molecule has 1 aliphatic heterocycles. The van der Waals surface area contributed by atoms with E-state index < -0.39 is 6.10 Å². The normalized spacial score (nSPS) is 19.1. The van der Waals surface area contributed by atoms with Crippen LogP contribution in [0.1, 0.15) is 30.9 Å². The van der Waals surface area contributed by atoms with Crippen molar-refractivity contribution >= 4 is 11.6 Å². The summed E-state index contributed by atoms with van der Waals surface area (Å²) in [5, 5.41) is 10.9. The Morgan fingerprint density at radius 3 is 2.80 bits per heavy atom. The Hall–Kier alpha value is -0.610. The summed E-state index contributed by atoms with van der Waals surface area (Å²) in [5.41, 5.74) is 0.909. The van der Waals surface area contributed by atoms with Crippen molar-refractivity contribution in [1.82, 2.24) is 4.90 Å². The lowest BCUT2D eigenvalue weighted by molar-refractivity contribution is 0.0869. The van der Waals surface area contributed by atoms with Gasteiger partial charge in [-0.25, -0.2) is 0 Å². The van der Waals surface area contributed by atoms with Gasteiger partial charge in [-0.2, -0.15) is 0 Å². The van der Waals surface area contributed by atoms with Crippen LogP contribution in [-0.4, -0.2) is 43.4 Å². The molecule has 112 valence electrons. The molecule has 1 aromatic rings. The molecule has 2 rings (SSSR count). The third kappa shape index (κ3) is 4.74. The van der Waals surface area contributed by atoms with Crippen LogP contribution in [0.15, 0.2) is 24.3 Å². The molecule has 1 unspecified atom stereocenters. The van der Waals surface area contributed by atoms with E-state index in [4.69, 9.17) is 16.3 Å². The van der Waals surface area contributed by atoms with Crippen LogP contribution in [0.5, 0.6) is 0 Å². The minimum Gasteiger partial charge on any atom is -0.388 e. The number of methoxy groups -OCH3 is 1. The van der Waals surface area contributed by atoms with Crippen LogP contribution < -0.4 is 0 Å². The summed E-state index contributed by atoms with van der Waals surface area (Å²) >= 11 is 5.95. The number of aliphatic hydroxyl groups is 1. The molecule has 1 N–H and O–H groups in total. The molecule has 1 aromatic carbocycles. The molecule has 1 saturated heterocycles. The maximum Gasteiger partial charge on any atom is 0.0802 e. The van der Waals surface area contributed by atoms with Crippen molar-refractivity contribution in [1.29, 1.82) is 0 Å². The van der Waals surface area contributed by atoms with E-state index in [1.54, 1.807) is 7.11 Å². The number of aliphatic hydroxyl groups excluding tert-OH is 1. The number of ether oxygens (including phenoxy) is 1. The number of benzene rings is 1. The van der Waals surface area contributed by atoms with Crippen molar-refractivity contribution < 1.29 is 9.84 Å². The Balaban J connectivity index is 1.73. The lowest BCUT2D eigenvalue weighted by Crippen LogP contribution is -2.36. The van der Waals surface area contributed by atoms with Crippen molar-refractivity contribution in [3.8, 4) is 0 Å². The molecule has 1 atom stereocenters. The van der Waals surface area contributed by atoms with Crippen LogP contribution in [0, 0.1) is 5.92 Å². The van der Waals surface area contributed by atoms with Gasteiger partial charge in [0.2, 0.25) is 0 Å². The highest BCUT2D eigenvalue weighted by atomic mass is 35.5. The van der Waals surface area contributed by atoms with E-state index in [-0.39, 0.29) is 0 Å². The van der Waals surface area contributed by atoms with Gasteiger partial charge in [0.15, 0.2) is 0 Å². The molecule has 0 aliphatic carbocycles. The van der Waals surface area contributed by atoms with Gasteiger partial charge >= 0.3 is 0 Å². The van der Waals surface area contributed by atoms with Crippen LogP contribution in [0.25, 0.3) is 0 Å². The molecule has 1 aliphatic rings. The highest BCUT2D eigenvalue weighted by Gasteiger charge is 2.19. The Labute approximate surface area is 126 Å². The fourth-order valence-corrected chi connectivity index (χ4v) is 3.00. The van der Waals surface area contributed by atoms with Gasteiger partial charge in [-0.05, 0) is 56.0 Å². The number of nitrogens with zero attached hydrogens (tertiary/aromatic N) is 1. The molecular formula is C16H24ClNO2. The predicted octanol–water partition coefficient (Wildman–Crippen LogP) is 3.12. The van der Waals surface area contributed by atoms with E-state index >= 15 is 0 Å². The highest BCUT2D eigenvalue weighted by Crippen LogP contribution is 2.22. The second-order valence-electron chi connectivity index (χ2n) is 5.60. The summed E-state index contributed by atoms with van der Waals surface area (Å²) in [6.07, 6.45) is 2.72. The van der Waals surface area contributed by atoms with Crippen molar-refractivity contribution in [2.75, 3.05) is 33.4 Å². The summed E-state index contributed by atoms with van der Waals surface area (Å²) in [7, 11) is 1.77. The maximum atomic E-state index is 10.2. The molecule has 0 bridgehead atoms. The summed E-state index contributed by atoms with van der Waals surface area (Å²) in [4.78, 5) is 2.43. The standard InChI is InChI=1S/C16H24ClNO2/c1-20-12-13-5-8-18(9-6-13)10-7-16(19)14-3-2-4-15(17)11-14/h2-4,11,13,16,19H,5-10,12H2,1H3. The fourth-order valence-electron chi connectivity index (χ4n) is 2.80. The average Bonchev–Trinajstić information content (AvgIpc) is 2.46. The summed E-state index contributed by atoms with van der Waals surface area (Å²) in [5.74, 6) is 0.703. The van der Waals surface area contributed by atoms with Gasteiger partial charge in [-0.1, -0.05) is 23.7 Å². The molecule has 0 amide bonds. The number of halogens is 1. The number of piperidine rings is 1. The minimum atomic E-state index is -0.426. The summed E-state index contributed by atoms with van der Waals surface area (Å²) in [6, 6.07) is 7.49. The molecule has 1 fully saturated rings. The van der Waals surface area contributed by atoms with Crippen molar-refractivity contribution in [3.05, 3.63) is 34.9 Å². The van der Waals surface area contributed by atoms with Crippen LogP contribution >= 0.6 is 11.6 Å². The van der Waals surface area contributed by atoms with Crippen LogP contribution in [0.4, 0.5) is 0 Å². The van der Waals surface area contributed by atoms with Crippen molar-refractivity contribution in [3.63, 3.8) is 0 Å². The highest BCUT2D eigenvalue weighted by molar-refractivity contribution is 6.30. The first-order valence-electron chi connectivity index (χ1n) is 7.34. The molecule has 0 saturated carbocycles. The Morgan fingerprint density at radius 1 is 1.40 bits per heavy atom. The number of likely N-dealkylation sites (tertiary alicyclic amines) is 1. The Kier molecular flexibility index (Phi) is 6.30. The zero-order valence-electron chi connectivity index (χ0n) is 12.1. The first kappa shape index (κ1) is 15.8. The number of rotatable bonds is 6. The summed E-state index contributed by atoms with van der Waals surface area (Å²) < 4.78 is 5.21. The largest absolute Gasteiger partial charge is 0.388 e. The van der Waals surface area contributed by atoms with Crippen molar-refractivity contribution in [2.45, 2.75) is 25.4 Å². The molecular weight excluding hydrogens is 274 g/mol. The van der Waals surface area contributed by atoms with E-state index in [0.717, 1.165) is 38.2 Å². The lowest BCUT2D eigenvalue weighted by Gasteiger charge is -2.32. The molecule has 3 nitrogen and oxygen atoms in total. The van der Waals surface area contributed by atoms with E-state index in [1.165, 1.54) is 12.8 Å². The van der Waals surface area contributed by atoms with Gasteiger partial charge in [0.05, 0.1) is 6.10 Å². The average molecular weight is 298 g/mol. The third-order valence-electron chi connectivity index (χ3n) is 4.06. The van der Waals surface area contributed by atoms with Crippen LogP contribution in [-0.2, 0) is 4.74 Å². The molecule has 4 heteroatoms. The summed E-state index contributed by atoms with van der Waals surface area (Å²) in [6.45, 7) is 4.03. The first-order chi connectivity index (χ1) is 9.69. The van der Waals surface area contributed by atoms with Gasteiger partial charge in [0, 0.05) is 25.3 Å². The lowest BCUT2D eigenvalue weighted by atomic mass is 9.97. The zero-order valence-corrected chi connectivity index (χ0v) is 12.9. The van der Waals surface area contributed by atoms with Crippen LogP contribution in [0.3, 0.4) is 0 Å². The van der Waals surface area contributed by atoms with Gasteiger partial charge in [-0.15, -0.1) is 0 Å². The molecule has 0 radical (unpaired) electrons. The van der Waals surface area contributed by atoms with Gasteiger partial charge in [0.1, 0.15) is 0 Å². The number of hydrogen-bond donors (Lipinski definition) is 1. The topological polar surface area (TPSA) is 32.7 Å². The van der Waals surface area contributed by atoms with E-state index in [9.17, 15) is 5.11 Å².